The summed E-state index contributed by atoms with van der Waals surface area (Å²) in [4.78, 5) is 8.78. The molecule has 0 N–H and O–H groups in total. The molecule has 2 heterocycles. The van der Waals surface area contributed by atoms with E-state index in [9.17, 15) is 0 Å². The molecule has 190 valence electrons. The van der Waals surface area contributed by atoms with E-state index in [4.69, 9.17) is 0 Å². The summed E-state index contributed by atoms with van der Waals surface area (Å²) in [6.45, 7) is 3.90. The maximum atomic E-state index is 4.51. The second-order valence-corrected chi connectivity index (χ2v) is 11.5. The minimum atomic E-state index is -0.892. The van der Waals surface area contributed by atoms with Gasteiger partial charge < -0.3 is 16.9 Å². The van der Waals surface area contributed by atoms with E-state index < -0.39 is 7.92 Å². The Hall–Kier alpha value is -3.51. The van der Waals surface area contributed by atoms with Crippen molar-refractivity contribution in [1.82, 2.24) is 9.97 Å². The van der Waals surface area contributed by atoms with E-state index in [0.717, 1.165) is 24.0 Å². The number of rotatable bonds is 7. The third kappa shape index (κ3) is 7.33. The molecule has 0 saturated carbocycles. The van der Waals surface area contributed by atoms with Crippen molar-refractivity contribution in [3.63, 3.8) is 0 Å². The third-order valence-corrected chi connectivity index (χ3v) is 9.37. The summed E-state index contributed by atoms with van der Waals surface area (Å²) in [6, 6.07) is 46.8. The molecule has 0 radical (unpaired) electrons. The zero-order valence-electron chi connectivity index (χ0n) is 22.1. The number of aromatic nitrogens is 2. The van der Waals surface area contributed by atoms with Crippen LogP contribution >= 0.6 is 7.92 Å². The molecule has 0 saturated heterocycles. The first-order chi connectivity index (χ1) is 18.8. The minimum Gasteiger partial charge on any atom is -0.664 e. The molecule has 0 atom stereocenters. The second kappa shape index (κ2) is 14.6. The Bertz CT molecular complexity index is 1470. The molecule has 0 bridgehead atoms. The van der Waals surface area contributed by atoms with Crippen molar-refractivity contribution in [2.75, 3.05) is 0 Å². The maximum Gasteiger partial charge on any atom is 0.0970 e. The van der Waals surface area contributed by atoms with E-state index in [1.54, 1.807) is 0 Å². The summed E-state index contributed by atoms with van der Waals surface area (Å²) in [5.41, 5.74) is 7.19. The van der Waals surface area contributed by atoms with E-state index in [0.29, 0.717) is 0 Å². The monoisotopic (exact) mass is 574 g/mol. The molecule has 0 aliphatic carbocycles. The van der Waals surface area contributed by atoms with Crippen LogP contribution in [-0.2, 0) is 32.1 Å². The van der Waals surface area contributed by atoms with E-state index >= 15 is 0 Å². The zero-order valence-corrected chi connectivity index (χ0v) is 26.0. The van der Waals surface area contributed by atoms with Crippen LogP contribution < -0.4 is 20.6 Å². The molecule has 0 aliphatic rings. The Kier molecular flexibility index (Phi) is 10.7. The Balaban J connectivity index is 0.000000213. The first-order valence-electron chi connectivity index (χ1n) is 12.9. The molecule has 0 fully saturated rings. The Morgan fingerprint density at radius 3 is 1.38 bits per heavy atom. The van der Waals surface area contributed by atoms with Gasteiger partial charge in [0.05, 0.1) is 24.7 Å². The summed E-state index contributed by atoms with van der Waals surface area (Å²) < 4.78 is 0. The largest absolute Gasteiger partial charge is 0.664 e. The molecule has 6 rings (SSSR count). The van der Waals surface area contributed by atoms with Crippen molar-refractivity contribution >= 4 is 18.5 Å². The number of benzene rings is 4. The molecule has 0 aliphatic heterocycles. The molecular formula is C35H31N2PZn-2. The average Bonchev–Trinajstić information content (AvgIpc) is 3.73. The molecule has 2 aromatic heterocycles. The van der Waals surface area contributed by atoms with Crippen LogP contribution in [0.25, 0.3) is 22.5 Å². The van der Waals surface area contributed by atoms with Gasteiger partial charge in [-0.15, -0.1) is 11.4 Å². The molecule has 39 heavy (non-hydrogen) atoms. The van der Waals surface area contributed by atoms with Crippen molar-refractivity contribution in [3.8, 4) is 22.5 Å². The van der Waals surface area contributed by atoms with Gasteiger partial charge in [-0.1, -0.05) is 115 Å². The number of nitrogens with zero attached hydrogens (tertiary/aromatic N) is 2. The van der Waals surface area contributed by atoms with Gasteiger partial charge in [-0.25, -0.2) is 0 Å². The summed E-state index contributed by atoms with van der Waals surface area (Å²) >= 11 is 0. The predicted molar refractivity (Wildman–Crippen MR) is 164 cm³/mol. The van der Waals surface area contributed by atoms with Gasteiger partial charge in [0.25, 0.3) is 0 Å². The quantitative estimate of drug-likeness (QED) is 0.113. The van der Waals surface area contributed by atoms with Gasteiger partial charge in [-0.05, 0) is 41.0 Å². The summed E-state index contributed by atoms with van der Waals surface area (Å²) in [7, 11) is -0.892. The maximum absolute atomic E-state index is 4.51. The van der Waals surface area contributed by atoms with Crippen molar-refractivity contribution in [2.45, 2.75) is 12.6 Å². The Morgan fingerprint density at radius 2 is 0.923 bits per heavy atom. The average molecular weight is 576 g/mol. The molecular weight excluding hydrogens is 545 g/mol. The smallest absolute Gasteiger partial charge is 0.0970 e. The fourth-order valence-electron chi connectivity index (χ4n) is 4.67. The van der Waals surface area contributed by atoms with Gasteiger partial charge in [-0.3, -0.25) is 0 Å². The Labute approximate surface area is 246 Å². The van der Waals surface area contributed by atoms with Crippen LogP contribution in [0, 0.1) is 6.92 Å². The van der Waals surface area contributed by atoms with Crippen molar-refractivity contribution < 1.29 is 19.5 Å². The topological polar surface area (TPSA) is 28.2 Å². The van der Waals surface area contributed by atoms with Crippen LogP contribution in [0.5, 0.6) is 0 Å². The van der Waals surface area contributed by atoms with Crippen LogP contribution in [-0.4, -0.2) is 0 Å². The fraction of sp³-hybridized carbons (Fsp3) is 0.0571. The summed E-state index contributed by atoms with van der Waals surface area (Å²) in [5, 5.41) is 2.90. The van der Waals surface area contributed by atoms with Crippen LogP contribution in [0.3, 0.4) is 0 Å². The first kappa shape index (κ1) is 28.5. The Morgan fingerprint density at radius 1 is 0.487 bits per heavy atom. The molecule has 4 aromatic carbocycles. The molecule has 0 amide bonds. The van der Waals surface area contributed by atoms with E-state index in [-0.39, 0.29) is 19.5 Å². The molecule has 2 nitrogen and oxygen atoms in total. The van der Waals surface area contributed by atoms with Crippen molar-refractivity contribution in [3.05, 3.63) is 164 Å². The number of hydrogen-bond acceptors (Lipinski definition) is 0. The molecule has 4 heteroatoms. The van der Waals surface area contributed by atoms with Gasteiger partial charge in [0, 0.05) is 19.5 Å². The molecule has 6 aromatic rings. The van der Waals surface area contributed by atoms with Gasteiger partial charge in [-0.2, -0.15) is 18.8 Å². The predicted octanol–water partition coefficient (Wildman–Crippen LogP) is 7.36. The summed E-state index contributed by atoms with van der Waals surface area (Å²) in [6.07, 6.45) is 5.55. The normalized spacial score (nSPS) is 10.4. The van der Waals surface area contributed by atoms with E-state index in [2.05, 4.69) is 120 Å². The van der Waals surface area contributed by atoms with Crippen LogP contribution in [0.1, 0.15) is 11.1 Å². The van der Waals surface area contributed by atoms with Gasteiger partial charge >= 0.3 is 0 Å². The fourth-order valence-corrected chi connectivity index (χ4v) is 7.29. The second-order valence-electron chi connectivity index (χ2n) is 9.00. The van der Waals surface area contributed by atoms with Crippen LogP contribution in [0.4, 0.5) is 0 Å². The molecule has 0 spiro atoms. The van der Waals surface area contributed by atoms with Gasteiger partial charge in [0.2, 0.25) is 0 Å². The van der Waals surface area contributed by atoms with Crippen molar-refractivity contribution in [2.24, 2.45) is 0 Å². The van der Waals surface area contributed by atoms with Crippen molar-refractivity contribution in [1.29, 1.82) is 0 Å². The zero-order chi connectivity index (χ0) is 26.0. The van der Waals surface area contributed by atoms with Gasteiger partial charge in [0.1, 0.15) is 0 Å². The number of hydrogen-bond donors (Lipinski definition) is 0. The SMILES string of the molecule is [CH2-]Cc1ccccc1-c1ccc[n-]1.[Zn].c1ccc([PH+](Cc2ccccc2-c2ccc[n-]2)c2ccccc2)cc1. The summed E-state index contributed by atoms with van der Waals surface area (Å²) in [5.74, 6) is 0. The minimum absolute atomic E-state index is 0. The van der Waals surface area contributed by atoms with E-state index in [1.807, 2.05) is 42.7 Å². The standard InChI is InChI=1S/C23H19NP.C12H11N.Zn/c1-3-11-20(12-4-1)25(21-13-5-2-6-14-21)18-19-10-7-8-15-22(19)23-16-9-17-24-23;1-2-10-6-3-4-7-11(10)12-8-5-9-13-12;/h1-17H,18H2;3-9H,1-2H2;/q-1;-2;/p+1. The first-order valence-corrected chi connectivity index (χ1v) is 14.6. The van der Waals surface area contributed by atoms with Crippen LogP contribution in [0.2, 0.25) is 0 Å². The van der Waals surface area contributed by atoms with Crippen LogP contribution in [0.15, 0.2) is 146 Å². The molecule has 0 unspecified atom stereocenters. The van der Waals surface area contributed by atoms with E-state index in [1.165, 1.54) is 32.9 Å². The van der Waals surface area contributed by atoms with Gasteiger partial charge in [0.15, 0.2) is 0 Å². The third-order valence-electron chi connectivity index (χ3n) is 6.58.